The van der Waals surface area contributed by atoms with Crippen molar-refractivity contribution in [1.29, 1.82) is 0 Å². The van der Waals surface area contributed by atoms with Gasteiger partial charge in [0.05, 0.1) is 5.92 Å². The van der Waals surface area contributed by atoms with Crippen molar-refractivity contribution in [2.45, 2.75) is 25.9 Å². The molecule has 1 amide bonds. The Hall–Kier alpha value is -3.61. The Kier molecular flexibility index (Phi) is 5.75. The van der Waals surface area contributed by atoms with Crippen LogP contribution in [0.4, 0.5) is 0 Å². The van der Waals surface area contributed by atoms with Gasteiger partial charge in [-0.15, -0.1) is 0 Å². The Labute approximate surface area is 178 Å². The molecule has 160 valence electrons. The molecule has 2 heterocycles. The van der Waals surface area contributed by atoms with Crippen LogP contribution in [-0.4, -0.2) is 41.1 Å². The van der Waals surface area contributed by atoms with Crippen LogP contribution in [0.25, 0.3) is 22.1 Å². The lowest BCUT2D eigenvalue weighted by molar-refractivity contribution is -0.147. The van der Waals surface area contributed by atoms with Crippen LogP contribution in [0.5, 0.6) is 5.75 Å². The van der Waals surface area contributed by atoms with E-state index in [1.54, 1.807) is 24.0 Å². The number of carboxylic acid groups (broad SMARTS) is 1. The topological polar surface area (TPSA) is 97.0 Å². The molecule has 0 aliphatic carbocycles. The normalized spacial score (nSPS) is 15.6. The van der Waals surface area contributed by atoms with Crippen molar-refractivity contribution in [2.24, 2.45) is 5.92 Å². The Bertz CT molecular complexity index is 1160. The van der Waals surface area contributed by atoms with Crippen molar-refractivity contribution in [3.8, 4) is 16.9 Å². The van der Waals surface area contributed by atoms with Gasteiger partial charge in [-0.05, 0) is 43.0 Å². The predicted molar refractivity (Wildman–Crippen MR) is 115 cm³/mol. The summed E-state index contributed by atoms with van der Waals surface area (Å²) in [6.07, 6.45) is 0.136. The fourth-order valence-corrected chi connectivity index (χ4v) is 3.93. The summed E-state index contributed by atoms with van der Waals surface area (Å²) in [4.78, 5) is 37.5. The summed E-state index contributed by atoms with van der Waals surface area (Å²) in [5, 5.41) is 9.88. The molecule has 0 radical (unpaired) electrons. The van der Waals surface area contributed by atoms with E-state index in [-0.39, 0.29) is 5.91 Å². The number of amides is 1. The number of ether oxygens (including phenoxy) is 1. The van der Waals surface area contributed by atoms with E-state index in [0.29, 0.717) is 37.3 Å². The molecule has 0 saturated carbocycles. The third-order valence-electron chi connectivity index (χ3n) is 5.62. The molecule has 1 fully saturated rings. The van der Waals surface area contributed by atoms with Crippen LogP contribution in [0.15, 0.2) is 63.8 Å². The van der Waals surface area contributed by atoms with E-state index in [1.807, 2.05) is 36.4 Å². The molecular formula is C24H23NO6. The summed E-state index contributed by atoms with van der Waals surface area (Å²) in [6.45, 7) is 2.46. The fraction of sp³-hybridized carbons (Fsp3) is 0.292. The first-order chi connectivity index (χ1) is 14.9. The highest BCUT2D eigenvalue weighted by atomic mass is 16.5. The number of rotatable bonds is 5. The molecule has 31 heavy (non-hydrogen) atoms. The van der Waals surface area contributed by atoms with Crippen LogP contribution in [0.2, 0.25) is 0 Å². The summed E-state index contributed by atoms with van der Waals surface area (Å²) in [5.41, 5.74) is 1.59. The predicted octanol–water partition coefficient (Wildman–Crippen LogP) is 3.55. The summed E-state index contributed by atoms with van der Waals surface area (Å²) in [5.74, 6) is -0.989. The monoisotopic (exact) mass is 421 g/mol. The zero-order valence-corrected chi connectivity index (χ0v) is 17.1. The lowest BCUT2D eigenvalue weighted by Gasteiger charge is -2.32. The van der Waals surface area contributed by atoms with Gasteiger partial charge in [-0.1, -0.05) is 30.3 Å². The second kappa shape index (κ2) is 8.63. The van der Waals surface area contributed by atoms with Gasteiger partial charge in [0.15, 0.2) is 6.10 Å². The number of hydrogen-bond acceptors (Lipinski definition) is 5. The molecule has 2 aromatic carbocycles. The van der Waals surface area contributed by atoms with E-state index in [0.717, 1.165) is 16.5 Å². The molecule has 1 aliphatic heterocycles. The summed E-state index contributed by atoms with van der Waals surface area (Å²) < 4.78 is 11.2. The van der Waals surface area contributed by atoms with E-state index in [2.05, 4.69) is 0 Å². The maximum Gasteiger partial charge on any atom is 0.336 e. The van der Waals surface area contributed by atoms with Crippen LogP contribution in [0.1, 0.15) is 19.8 Å². The standard InChI is InChI=1S/C24H23NO6/c1-15(23(27)25-11-9-17(10-12-25)24(28)29)30-18-7-8-19-20(16-5-3-2-4-6-16)14-22(26)31-21(19)13-18/h2-8,13-15,17H,9-12H2,1H3,(H,28,29). The van der Waals surface area contributed by atoms with Crippen LogP contribution < -0.4 is 10.4 Å². The van der Waals surface area contributed by atoms with Crippen LogP contribution in [-0.2, 0) is 9.59 Å². The number of carbonyl (C=O) groups excluding carboxylic acids is 1. The van der Waals surface area contributed by atoms with E-state index >= 15 is 0 Å². The molecule has 1 aromatic heterocycles. The van der Waals surface area contributed by atoms with E-state index < -0.39 is 23.6 Å². The minimum absolute atomic E-state index is 0.191. The number of piperidine rings is 1. The van der Waals surface area contributed by atoms with Gasteiger partial charge < -0.3 is 19.2 Å². The van der Waals surface area contributed by atoms with Crippen molar-refractivity contribution < 1.29 is 23.8 Å². The van der Waals surface area contributed by atoms with Gasteiger partial charge in [-0.3, -0.25) is 9.59 Å². The first kappa shape index (κ1) is 20.7. The highest BCUT2D eigenvalue weighted by Crippen LogP contribution is 2.30. The van der Waals surface area contributed by atoms with Crippen LogP contribution in [0, 0.1) is 5.92 Å². The molecule has 1 aliphatic rings. The fourth-order valence-electron chi connectivity index (χ4n) is 3.93. The molecule has 0 bridgehead atoms. The molecular weight excluding hydrogens is 398 g/mol. The molecule has 3 aromatic rings. The van der Waals surface area contributed by atoms with Gasteiger partial charge in [-0.25, -0.2) is 4.79 Å². The third-order valence-corrected chi connectivity index (χ3v) is 5.62. The van der Waals surface area contributed by atoms with Crippen molar-refractivity contribution >= 4 is 22.8 Å². The molecule has 7 nitrogen and oxygen atoms in total. The van der Waals surface area contributed by atoms with E-state index in [4.69, 9.17) is 14.3 Å². The third kappa shape index (κ3) is 4.45. The first-order valence-electron chi connectivity index (χ1n) is 10.2. The van der Waals surface area contributed by atoms with E-state index in [9.17, 15) is 14.4 Å². The van der Waals surface area contributed by atoms with Gasteiger partial charge >= 0.3 is 11.6 Å². The average Bonchev–Trinajstić information content (AvgIpc) is 2.78. The van der Waals surface area contributed by atoms with Crippen molar-refractivity contribution in [2.75, 3.05) is 13.1 Å². The number of fused-ring (bicyclic) bond motifs is 1. The Morgan fingerprint density at radius 1 is 1.10 bits per heavy atom. The highest BCUT2D eigenvalue weighted by Gasteiger charge is 2.29. The second-order valence-corrected chi connectivity index (χ2v) is 7.70. The highest BCUT2D eigenvalue weighted by molar-refractivity contribution is 5.93. The SMILES string of the molecule is CC(Oc1ccc2c(-c3ccccc3)cc(=O)oc2c1)C(=O)N1CCC(C(=O)O)CC1. The lowest BCUT2D eigenvalue weighted by Crippen LogP contribution is -2.45. The maximum atomic E-state index is 12.7. The van der Waals surface area contributed by atoms with Crippen molar-refractivity contribution in [3.63, 3.8) is 0 Å². The minimum atomic E-state index is -0.816. The van der Waals surface area contributed by atoms with Gasteiger partial charge in [0, 0.05) is 30.6 Å². The second-order valence-electron chi connectivity index (χ2n) is 7.70. The average molecular weight is 421 g/mol. The Morgan fingerprint density at radius 3 is 2.48 bits per heavy atom. The molecule has 1 N–H and O–H groups in total. The van der Waals surface area contributed by atoms with Gasteiger partial charge in [-0.2, -0.15) is 0 Å². The smallest absolute Gasteiger partial charge is 0.336 e. The quantitative estimate of drug-likeness (QED) is 0.633. The van der Waals surface area contributed by atoms with Gasteiger partial charge in [0.2, 0.25) is 0 Å². The summed E-state index contributed by atoms with van der Waals surface area (Å²) in [7, 11) is 0. The number of carboxylic acids is 1. The lowest BCUT2D eigenvalue weighted by atomic mass is 9.97. The number of hydrogen-bond donors (Lipinski definition) is 1. The summed E-state index contributed by atoms with van der Waals surface area (Å²) >= 11 is 0. The Balaban J connectivity index is 1.52. The Morgan fingerprint density at radius 2 is 1.81 bits per heavy atom. The number of benzene rings is 2. The number of aliphatic carboxylic acids is 1. The molecule has 1 saturated heterocycles. The minimum Gasteiger partial charge on any atom is -0.481 e. The molecule has 7 heteroatoms. The number of carbonyl (C=O) groups is 2. The summed E-state index contributed by atoms with van der Waals surface area (Å²) in [6, 6.07) is 16.2. The first-order valence-corrected chi connectivity index (χ1v) is 10.2. The van der Waals surface area contributed by atoms with Gasteiger partial charge in [0.1, 0.15) is 11.3 Å². The largest absolute Gasteiger partial charge is 0.481 e. The van der Waals surface area contributed by atoms with Crippen LogP contribution >= 0.6 is 0 Å². The molecule has 4 rings (SSSR count). The van der Waals surface area contributed by atoms with Crippen LogP contribution in [0.3, 0.4) is 0 Å². The zero-order valence-electron chi connectivity index (χ0n) is 17.1. The molecule has 1 unspecified atom stereocenters. The number of likely N-dealkylation sites (tertiary alicyclic amines) is 1. The zero-order chi connectivity index (χ0) is 22.0. The number of nitrogens with zero attached hydrogens (tertiary/aromatic N) is 1. The van der Waals surface area contributed by atoms with Crippen molar-refractivity contribution in [1.82, 2.24) is 4.90 Å². The maximum absolute atomic E-state index is 12.7. The van der Waals surface area contributed by atoms with Gasteiger partial charge in [0.25, 0.3) is 5.91 Å². The van der Waals surface area contributed by atoms with E-state index in [1.165, 1.54) is 6.07 Å². The molecule has 0 spiro atoms. The molecule has 1 atom stereocenters. The van der Waals surface area contributed by atoms with Crippen molar-refractivity contribution in [3.05, 3.63) is 65.0 Å².